The van der Waals surface area contributed by atoms with E-state index in [1.54, 1.807) is 11.8 Å². The van der Waals surface area contributed by atoms with E-state index in [1.807, 2.05) is 37.4 Å². The Bertz CT molecular complexity index is 620. The quantitative estimate of drug-likeness (QED) is 0.793. The Morgan fingerprint density at radius 1 is 1.38 bits per heavy atom. The molecule has 0 radical (unpaired) electrons. The summed E-state index contributed by atoms with van der Waals surface area (Å²) in [5.41, 5.74) is 0.915. The van der Waals surface area contributed by atoms with Crippen molar-refractivity contribution in [2.45, 2.75) is 21.6 Å². The van der Waals surface area contributed by atoms with Gasteiger partial charge in [-0.15, -0.1) is 10.2 Å². The lowest BCUT2D eigenvalue weighted by Crippen LogP contribution is -2.28. The maximum Gasteiger partial charge on any atom is 0.230 e. The summed E-state index contributed by atoms with van der Waals surface area (Å²) in [6.07, 6.45) is 1.95. The summed E-state index contributed by atoms with van der Waals surface area (Å²) >= 11 is 10.6. The molecule has 112 valence electrons. The summed E-state index contributed by atoms with van der Waals surface area (Å²) in [6, 6.07) is 7.39. The topological polar surface area (TPSA) is 54.9 Å². The summed E-state index contributed by atoms with van der Waals surface area (Å²) in [6.45, 7) is 1.92. The van der Waals surface area contributed by atoms with Crippen LogP contribution < -0.4 is 5.32 Å². The van der Waals surface area contributed by atoms with Crippen LogP contribution in [0.3, 0.4) is 0 Å². The first-order valence-electron chi connectivity index (χ1n) is 6.14. The maximum absolute atomic E-state index is 12.0. The molecular formula is C13H14ClN3OS3. The van der Waals surface area contributed by atoms with Crippen LogP contribution in [0.1, 0.15) is 18.5 Å². The fourth-order valence-electron chi connectivity index (χ4n) is 1.65. The van der Waals surface area contributed by atoms with Crippen LogP contribution in [0.4, 0.5) is 0 Å². The number of carbonyl (C=O) groups is 1. The highest BCUT2D eigenvalue weighted by atomic mass is 35.5. The molecule has 4 nitrogen and oxygen atoms in total. The standard InChI is InChI=1S/C13H14ClN3OS3/c1-8(9-5-3-4-6-10(9)14)15-11(18)7-20-13-17-16-12(19-2)21-13/h3-6,8H,7H2,1-2H3,(H,15,18). The highest BCUT2D eigenvalue weighted by molar-refractivity contribution is 8.03. The Kier molecular flexibility index (Phi) is 6.35. The molecule has 0 saturated carbocycles. The lowest BCUT2D eigenvalue weighted by Gasteiger charge is -2.15. The summed E-state index contributed by atoms with van der Waals surface area (Å²) in [7, 11) is 0. The van der Waals surface area contributed by atoms with Crippen molar-refractivity contribution in [1.82, 2.24) is 15.5 Å². The minimum absolute atomic E-state index is 0.0479. The molecule has 1 atom stereocenters. The first-order valence-corrected chi connectivity index (χ1v) is 9.54. The van der Waals surface area contributed by atoms with Crippen LogP contribution in [0.15, 0.2) is 32.9 Å². The van der Waals surface area contributed by atoms with Gasteiger partial charge in [-0.25, -0.2) is 0 Å². The molecule has 21 heavy (non-hydrogen) atoms. The molecule has 0 aliphatic carbocycles. The molecule has 1 aromatic carbocycles. The van der Waals surface area contributed by atoms with Gasteiger partial charge >= 0.3 is 0 Å². The second-order valence-electron chi connectivity index (χ2n) is 4.14. The van der Waals surface area contributed by atoms with Crippen molar-refractivity contribution in [1.29, 1.82) is 0 Å². The smallest absolute Gasteiger partial charge is 0.230 e. The number of benzene rings is 1. The van der Waals surface area contributed by atoms with Crippen molar-refractivity contribution in [2.24, 2.45) is 0 Å². The zero-order chi connectivity index (χ0) is 15.2. The molecule has 2 rings (SSSR count). The molecule has 8 heteroatoms. The van der Waals surface area contributed by atoms with Crippen LogP contribution in [0, 0.1) is 0 Å². The molecule has 0 saturated heterocycles. The maximum atomic E-state index is 12.0. The van der Waals surface area contributed by atoms with Gasteiger partial charge in [0, 0.05) is 5.02 Å². The van der Waals surface area contributed by atoms with Crippen molar-refractivity contribution < 1.29 is 4.79 Å². The van der Waals surface area contributed by atoms with Crippen molar-refractivity contribution in [3.8, 4) is 0 Å². The largest absolute Gasteiger partial charge is 0.349 e. The molecule has 0 spiro atoms. The van der Waals surface area contributed by atoms with E-state index in [9.17, 15) is 4.79 Å². The van der Waals surface area contributed by atoms with Gasteiger partial charge in [0.15, 0.2) is 8.68 Å². The number of carbonyl (C=O) groups excluding carboxylic acids is 1. The van der Waals surface area contributed by atoms with Crippen LogP contribution in [0.5, 0.6) is 0 Å². The number of halogens is 1. The fraction of sp³-hybridized carbons (Fsp3) is 0.308. The van der Waals surface area contributed by atoms with Gasteiger partial charge in [0.2, 0.25) is 5.91 Å². The molecule has 0 fully saturated rings. The number of nitrogens with zero attached hydrogens (tertiary/aromatic N) is 2. The van der Waals surface area contributed by atoms with Gasteiger partial charge in [0.25, 0.3) is 0 Å². The Hall–Kier alpha value is -0.760. The summed E-state index contributed by atoms with van der Waals surface area (Å²) in [5, 5.41) is 11.6. The molecule has 2 aromatic rings. The molecule has 0 aliphatic rings. The third kappa shape index (κ3) is 4.88. The average molecular weight is 360 g/mol. The molecule has 1 unspecified atom stereocenters. The monoisotopic (exact) mass is 359 g/mol. The summed E-state index contributed by atoms with van der Waals surface area (Å²) in [4.78, 5) is 12.0. The first kappa shape index (κ1) is 16.6. The fourth-order valence-corrected chi connectivity index (χ4v) is 4.20. The normalized spacial score (nSPS) is 12.1. The van der Waals surface area contributed by atoms with Crippen LogP contribution in [-0.2, 0) is 4.79 Å². The van der Waals surface area contributed by atoms with Crippen molar-refractivity contribution >= 4 is 52.4 Å². The van der Waals surface area contributed by atoms with Gasteiger partial charge in [0.1, 0.15) is 0 Å². The zero-order valence-corrected chi connectivity index (χ0v) is 14.7. The SMILES string of the molecule is CSc1nnc(SCC(=O)NC(C)c2ccccc2Cl)s1. The van der Waals surface area contributed by atoms with Gasteiger partial charge in [-0.2, -0.15) is 0 Å². The van der Waals surface area contributed by atoms with Crippen molar-refractivity contribution in [2.75, 3.05) is 12.0 Å². The van der Waals surface area contributed by atoms with Gasteiger partial charge in [-0.05, 0) is 24.8 Å². The number of rotatable bonds is 6. The predicted octanol–water partition coefficient (Wildman–Crippen LogP) is 3.88. The van der Waals surface area contributed by atoms with Gasteiger partial charge in [-0.3, -0.25) is 4.79 Å². The number of hydrogen-bond donors (Lipinski definition) is 1. The second kappa shape index (κ2) is 8.03. The molecule has 1 amide bonds. The lowest BCUT2D eigenvalue weighted by molar-refractivity contribution is -0.119. The van der Waals surface area contributed by atoms with E-state index in [-0.39, 0.29) is 11.9 Å². The number of aromatic nitrogens is 2. The number of hydrogen-bond acceptors (Lipinski definition) is 6. The van der Waals surface area contributed by atoms with Crippen LogP contribution in [0.25, 0.3) is 0 Å². The zero-order valence-electron chi connectivity index (χ0n) is 11.5. The average Bonchev–Trinajstić information content (AvgIpc) is 2.93. The van der Waals surface area contributed by atoms with Crippen LogP contribution in [0.2, 0.25) is 5.02 Å². The summed E-state index contributed by atoms with van der Waals surface area (Å²) < 4.78 is 1.71. The molecule has 0 bridgehead atoms. The Morgan fingerprint density at radius 2 is 2.10 bits per heavy atom. The molecule has 1 N–H and O–H groups in total. The number of thioether (sulfide) groups is 2. The lowest BCUT2D eigenvalue weighted by atomic mass is 10.1. The first-order chi connectivity index (χ1) is 10.1. The van der Waals surface area contributed by atoms with Crippen LogP contribution >= 0.6 is 46.5 Å². The Morgan fingerprint density at radius 3 is 2.76 bits per heavy atom. The summed E-state index contributed by atoms with van der Waals surface area (Å²) in [5.74, 6) is 0.269. The molecule has 1 heterocycles. The third-order valence-electron chi connectivity index (χ3n) is 2.64. The van der Waals surface area contributed by atoms with Crippen LogP contribution in [-0.4, -0.2) is 28.1 Å². The van der Waals surface area contributed by atoms with Crippen molar-refractivity contribution in [3.63, 3.8) is 0 Å². The van der Waals surface area contributed by atoms with E-state index in [2.05, 4.69) is 15.5 Å². The van der Waals surface area contributed by atoms with E-state index in [0.717, 1.165) is 14.2 Å². The van der Waals surface area contributed by atoms with Crippen molar-refractivity contribution in [3.05, 3.63) is 34.9 Å². The van der Waals surface area contributed by atoms with E-state index in [0.29, 0.717) is 10.8 Å². The Balaban J connectivity index is 1.85. The molecule has 0 aliphatic heterocycles. The van der Waals surface area contributed by atoms with Gasteiger partial charge in [0.05, 0.1) is 11.8 Å². The second-order valence-corrected chi connectivity index (χ2v) is 7.80. The minimum Gasteiger partial charge on any atom is -0.349 e. The van der Waals surface area contributed by atoms with Gasteiger partial charge < -0.3 is 5.32 Å². The van der Waals surface area contributed by atoms with E-state index in [4.69, 9.17) is 11.6 Å². The predicted molar refractivity (Wildman–Crippen MR) is 90.4 cm³/mol. The van der Waals surface area contributed by atoms with E-state index in [1.165, 1.54) is 23.1 Å². The Labute approximate surface area is 141 Å². The van der Waals surface area contributed by atoms with Gasteiger partial charge in [-0.1, -0.05) is 64.7 Å². The molecule has 1 aromatic heterocycles. The van der Waals surface area contributed by atoms with E-state index >= 15 is 0 Å². The minimum atomic E-state index is -0.122. The third-order valence-corrected chi connectivity index (χ3v) is 6.01. The highest BCUT2D eigenvalue weighted by Crippen LogP contribution is 2.27. The van der Waals surface area contributed by atoms with E-state index < -0.39 is 0 Å². The molecular weight excluding hydrogens is 346 g/mol. The number of nitrogens with one attached hydrogen (secondary N) is 1. The number of amides is 1. The highest BCUT2D eigenvalue weighted by Gasteiger charge is 2.13.